The Labute approximate surface area is 104 Å². The van der Waals surface area contributed by atoms with Gasteiger partial charge in [-0.25, -0.2) is 17.2 Å². The summed E-state index contributed by atoms with van der Waals surface area (Å²) in [6, 6.07) is 0.999. The number of carboxylic acid groups (broad SMARTS) is 1. The number of anilines is 1. The van der Waals surface area contributed by atoms with Gasteiger partial charge in [0.15, 0.2) is 23.1 Å². The lowest BCUT2D eigenvalue weighted by molar-refractivity contribution is -0.384. The number of nitro groups is 1. The van der Waals surface area contributed by atoms with E-state index in [2.05, 4.69) is 0 Å². The molecular weight excluding hydrogens is 290 g/mol. The van der Waals surface area contributed by atoms with Crippen molar-refractivity contribution < 1.29 is 32.0 Å². The molecule has 0 unspecified atom stereocenters. The number of nitrogens with one attached hydrogen (secondary N) is 1. The number of nitrogens with zero attached hydrogens (tertiary/aromatic N) is 1. The summed E-state index contributed by atoms with van der Waals surface area (Å²) in [5.74, 6) is -6.51. The van der Waals surface area contributed by atoms with Crippen LogP contribution in [0.5, 0.6) is 0 Å². The van der Waals surface area contributed by atoms with E-state index < -0.39 is 49.7 Å². The van der Waals surface area contributed by atoms with Crippen molar-refractivity contribution in [1.29, 1.82) is 0 Å². The third-order valence-corrected chi connectivity index (χ3v) is 2.98. The van der Waals surface area contributed by atoms with Crippen molar-refractivity contribution in [3.05, 3.63) is 33.9 Å². The van der Waals surface area contributed by atoms with Gasteiger partial charge in [-0.15, -0.1) is 0 Å². The molecule has 1 aromatic carbocycles. The first-order valence-electron chi connectivity index (χ1n) is 4.48. The van der Waals surface area contributed by atoms with E-state index in [1.807, 2.05) is 0 Å². The Kier molecular flexibility index (Phi) is 3.99. The fourth-order valence-corrected chi connectivity index (χ4v) is 2.05. The fraction of sp³-hybridized carbons (Fsp3) is 0.125. The predicted octanol–water partition coefficient (Wildman–Crippen LogP) is 0.699. The van der Waals surface area contributed by atoms with Crippen LogP contribution in [0.3, 0.4) is 0 Å². The van der Waals surface area contributed by atoms with E-state index in [1.165, 1.54) is 4.72 Å². The largest absolute Gasteiger partial charge is 0.480 e. The van der Waals surface area contributed by atoms with E-state index in [9.17, 15) is 32.1 Å². The Morgan fingerprint density at radius 3 is 2.47 bits per heavy atom. The molecule has 0 radical (unpaired) electrons. The van der Waals surface area contributed by atoms with Gasteiger partial charge in [-0.3, -0.25) is 19.6 Å². The molecule has 0 atom stereocenters. The van der Waals surface area contributed by atoms with Crippen LogP contribution >= 0.6 is 0 Å². The first-order valence-corrected chi connectivity index (χ1v) is 6.14. The number of halogens is 2. The molecule has 0 spiro atoms. The summed E-state index contributed by atoms with van der Waals surface area (Å²) >= 11 is 0. The smallest absolute Gasteiger partial charge is 0.320 e. The number of rotatable bonds is 5. The second-order valence-electron chi connectivity index (χ2n) is 3.27. The molecule has 0 aliphatic rings. The fourth-order valence-electron chi connectivity index (χ4n) is 1.14. The maximum absolute atomic E-state index is 13.3. The van der Waals surface area contributed by atoms with Crippen molar-refractivity contribution >= 4 is 27.4 Å². The van der Waals surface area contributed by atoms with E-state index in [0.717, 1.165) is 0 Å². The number of benzene rings is 1. The van der Waals surface area contributed by atoms with Crippen LogP contribution in [-0.2, 0) is 14.8 Å². The molecule has 0 bridgehead atoms. The third kappa shape index (κ3) is 3.58. The van der Waals surface area contributed by atoms with Gasteiger partial charge in [-0.2, -0.15) is 0 Å². The monoisotopic (exact) mass is 296 g/mol. The van der Waals surface area contributed by atoms with Crippen molar-refractivity contribution in [1.82, 2.24) is 0 Å². The summed E-state index contributed by atoms with van der Waals surface area (Å²) in [4.78, 5) is 19.7. The van der Waals surface area contributed by atoms with Gasteiger partial charge in [-0.1, -0.05) is 0 Å². The molecule has 1 aromatic rings. The SMILES string of the molecule is O=C(O)CS(=O)(=O)Nc1c([N+](=O)[O-])ccc(F)c1F. The summed E-state index contributed by atoms with van der Waals surface area (Å²) in [6.45, 7) is 0. The number of sulfonamides is 1. The molecule has 1 rings (SSSR count). The Bertz CT molecular complexity index is 645. The second kappa shape index (κ2) is 5.14. The highest BCUT2D eigenvalue weighted by Crippen LogP contribution is 2.29. The first kappa shape index (κ1) is 14.8. The minimum absolute atomic E-state index is 0.447. The van der Waals surface area contributed by atoms with E-state index in [4.69, 9.17) is 5.11 Å². The van der Waals surface area contributed by atoms with E-state index >= 15 is 0 Å². The van der Waals surface area contributed by atoms with Crippen LogP contribution in [-0.4, -0.2) is 30.2 Å². The van der Waals surface area contributed by atoms with Crippen LogP contribution in [0.15, 0.2) is 12.1 Å². The van der Waals surface area contributed by atoms with Gasteiger partial charge in [0, 0.05) is 6.07 Å². The van der Waals surface area contributed by atoms with E-state index in [0.29, 0.717) is 12.1 Å². The number of carbonyl (C=O) groups is 1. The standard InChI is InChI=1S/C8H6F2N2O6S/c9-4-1-2-5(12(15)16)8(7(4)10)11-19(17,18)3-6(13)14/h1-2,11H,3H2,(H,13,14). The number of hydrogen-bond donors (Lipinski definition) is 2. The zero-order valence-corrected chi connectivity index (χ0v) is 9.78. The lowest BCUT2D eigenvalue weighted by atomic mass is 10.2. The van der Waals surface area contributed by atoms with Crippen LogP contribution in [0, 0.1) is 21.7 Å². The topological polar surface area (TPSA) is 127 Å². The molecule has 11 heteroatoms. The molecule has 0 heterocycles. The van der Waals surface area contributed by atoms with Crippen molar-refractivity contribution in [3.8, 4) is 0 Å². The van der Waals surface area contributed by atoms with Crippen LogP contribution in [0.2, 0.25) is 0 Å². The average Bonchev–Trinajstić information content (AvgIpc) is 2.22. The summed E-state index contributed by atoms with van der Waals surface area (Å²) in [6.07, 6.45) is 0. The zero-order chi connectivity index (χ0) is 14.8. The molecule has 0 aromatic heterocycles. The van der Waals surface area contributed by atoms with Crippen LogP contribution < -0.4 is 4.72 Å². The van der Waals surface area contributed by atoms with Crippen LogP contribution in [0.25, 0.3) is 0 Å². The molecule has 0 fully saturated rings. The first-order chi connectivity index (χ1) is 8.64. The highest BCUT2D eigenvalue weighted by molar-refractivity contribution is 7.93. The van der Waals surface area contributed by atoms with Gasteiger partial charge >= 0.3 is 5.97 Å². The number of aliphatic carboxylic acids is 1. The summed E-state index contributed by atoms with van der Waals surface area (Å²) < 4.78 is 50.1. The molecule has 0 aliphatic heterocycles. The van der Waals surface area contributed by atoms with Crippen molar-refractivity contribution in [2.24, 2.45) is 0 Å². The Balaban J connectivity index is 3.30. The average molecular weight is 296 g/mol. The molecule has 0 saturated carbocycles. The molecule has 19 heavy (non-hydrogen) atoms. The number of nitro benzene ring substituents is 1. The lowest BCUT2D eigenvalue weighted by Crippen LogP contribution is -2.23. The van der Waals surface area contributed by atoms with Gasteiger partial charge in [0.05, 0.1) is 4.92 Å². The Hall–Kier alpha value is -2.30. The van der Waals surface area contributed by atoms with Gasteiger partial charge in [0.1, 0.15) is 0 Å². The van der Waals surface area contributed by atoms with Gasteiger partial charge < -0.3 is 5.11 Å². The van der Waals surface area contributed by atoms with Crippen molar-refractivity contribution in [3.63, 3.8) is 0 Å². The molecule has 2 N–H and O–H groups in total. The summed E-state index contributed by atoms with van der Waals surface area (Å²) in [5, 5.41) is 18.9. The van der Waals surface area contributed by atoms with Gasteiger partial charge in [0.2, 0.25) is 10.0 Å². The zero-order valence-electron chi connectivity index (χ0n) is 8.96. The molecular formula is C8H6F2N2O6S. The van der Waals surface area contributed by atoms with Crippen LogP contribution in [0.4, 0.5) is 20.2 Å². The minimum Gasteiger partial charge on any atom is -0.480 e. The van der Waals surface area contributed by atoms with Crippen molar-refractivity contribution in [2.75, 3.05) is 10.5 Å². The maximum Gasteiger partial charge on any atom is 0.320 e. The lowest BCUT2D eigenvalue weighted by Gasteiger charge is -2.08. The second-order valence-corrected chi connectivity index (χ2v) is 4.99. The number of carboxylic acids is 1. The molecule has 104 valence electrons. The maximum atomic E-state index is 13.3. The highest BCUT2D eigenvalue weighted by Gasteiger charge is 2.26. The predicted molar refractivity (Wildman–Crippen MR) is 58.1 cm³/mol. The van der Waals surface area contributed by atoms with Gasteiger partial charge in [0.25, 0.3) is 5.69 Å². The summed E-state index contributed by atoms with van der Waals surface area (Å²) in [5.41, 5.74) is -2.28. The Morgan fingerprint density at radius 2 is 2.00 bits per heavy atom. The number of hydrogen-bond acceptors (Lipinski definition) is 5. The summed E-state index contributed by atoms with van der Waals surface area (Å²) in [7, 11) is -4.59. The Morgan fingerprint density at radius 1 is 1.42 bits per heavy atom. The highest BCUT2D eigenvalue weighted by atomic mass is 32.2. The van der Waals surface area contributed by atoms with E-state index in [-0.39, 0.29) is 0 Å². The molecule has 0 saturated heterocycles. The minimum atomic E-state index is -4.59. The molecule has 0 amide bonds. The van der Waals surface area contributed by atoms with Crippen LogP contribution in [0.1, 0.15) is 0 Å². The quantitative estimate of drug-likeness (QED) is 0.608. The van der Waals surface area contributed by atoms with E-state index in [1.54, 1.807) is 0 Å². The molecule has 8 nitrogen and oxygen atoms in total. The van der Waals surface area contributed by atoms with Gasteiger partial charge in [-0.05, 0) is 6.07 Å². The third-order valence-electron chi connectivity index (χ3n) is 1.84. The molecule has 0 aliphatic carbocycles. The normalized spacial score (nSPS) is 11.1. The van der Waals surface area contributed by atoms with Crippen molar-refractivity contribution in [2.45, 2.75) is 0 Å².